The first-order valence-corrected chi connectivity index (χ1v) is 6.13. The van der Waals surface area contributed by atoms with Crippen LogP contribution in [-0.4, -0.2) is 33.3 Å². The first-order chi connectivity index (χ1) is 6.88. The second-order valence-electron chi connectivity index (χ2n) is 2.98. The Bertz CT molecular complexity index is 249. The zero-order chi connectivity index (χ0) is 10.2. The molecule has 4 nitrogen and oxygen atoms in total. The number of nitrogens with zero attached hydrogens (tertiary/aromatic N) is 3. The molecule has 0 aliphatic rings. The van der Waals surface area contributed by atoms with Crippen LogP contribution in [0.3, 0.4) is 0 Å². The summed E-state index contributed by atoms with van der Waals surface area (Å²) in [6, 6.07) is 0. The quantitative estimate of drug-likeness (QED) is 0.691. The predicted octanol–water partition coefficient (Wildman–Crippen LogP) is 1.14. The van der Waals surface area contributed by atoms with E-state index in [-0.39, 0.29) is 0 Å². The molecular weight excluding hydrogens is 196 g/mol. The zero-order valence-corrected chi connectivity index (χ0v) is 9.68. The minimum absolute atomic E-state index is 0.793. The van der Waals surface area contributed by atoms with E-state index in [2.05, 4.69) is 22.3 Å². The van der Waals surface area contributed by atoms with Gasteiger partial charge in [0.2, 0.25) is 0 Å². The van der Waals surface area contributed by atoms with Crippen molar-refractivity contribution in [2.75, 3.05) is 18.6 Å². The van der Waals surface area contributed by atoms with Gasteiger partial charge in [0.1, 0.15) is 12.2 Å². The Kier molecular flexibility index (Phi) is 5.63. The molecule has 1 rings (SSSR count). The van der Waals surface area contributed by atoms with Crippen LogP contribution in [-0.2, 0) is 13.1 Å². The van der Waals surface area contributed by atoms with Gasteiger partial charge in [0.25, 0.3) is 0 Å². The SMILES string of the molecule is CCSCCCn1ncnc1CNC. The number of nitrogens with one attached hydrogen (secondary N) is 1. The van der Waals surface area contributed by atoms with Crippen molar-refractivity contribution in [3.63, 3.8) is 0 Å². The van der Waals surface area contributed by atoms with Crippen LogP contribution in [0.25, 0.3) is 0 Å². The topological polar surface area (TPSA) is 42.7 Å². The van der Waals surface area contributed by atoms with Gasteiger partial charge in [0, 0.05) is 6.54 Å². The van der Waals surface area contributed by atoms with Crippen molar-refractivity contribution < 1.29 is 0 Å². The molecule has 1 N–H and O–H groups in total. The second kappa shape index (κ2) is 6.84. The number of hydrogen-bond donors (Lipinski definition) is 1. The van der Waals surface area contributed by atoms with Gasteiger partial charge >= 0.3 is 0 Å². The average molecular weight is 214 g/mol. The first kappa shape index (κ1) is 11.5. The van der Waals surface area contributed by atoms with Gasteiger partial charge in [0.15, 0.2) is 0 Å². The van der Waals surface area contributed by atoms with E-state index in [0.29, 0.717) is 0 Å². The molecule has 0 aliphatic carbocycles. The Labute approximate surface area is 89.5 Å². The van der Waals surface area contributed by atoms with Crippen LogP contribution in [0.1, 0.15) is 19.2 Å². The Morgan fingerprint density at radius 2 is 2.43 bits per heavy atom. The zero-order valence-electron chi connectivity index (χ0n) is 8.86. The highest BCUT2D eigenvalue weighted by Crippen LogP contribution is 2.03. The summed E-state index contributed by atoms with van der Waals surface area (Å²) in [5.74, 6) is 3.42. The lowest BCUT2D eigenvalue weighted by Gasteiger charge is -2.04. The maximum Gasteiger partial charge on any atom is 0.140 e. The number of aromatic nitrogens is 3. The molecule has 0 aliphatic heterocycles. The summed E-state index contributed by atoms with van der Waals surface area (Å²) in [6.45, 7) is 3.96. The maximum absolute atomic E-state index is 4.19. The Morgan fingerprint density at radius 3 is 3.14 bits per heavy atom. The highest BCUT2D eigenvalue weighted by molar-refractivity contribution is 7.99. The number of thioether (sulfide) groups is 1. The van der Waals surface area contributed by atoms with Gasteiger partial charge in [-0.3, -0.25) is 0 Å². The third-order valence-corrected chi connectivity index (χ3v) is 2.88. The molecule has 0 spiro atoms. The fraction of sp³-hybridized carbons (Fsp3) is 0.778. The Morgan fingerprint density at radius 1 is 1.57 bits per heavy atom. The van der Waals surface area contributed by atoms with Crippen molar-refractivity contribution >= 4 is 11.8 Å². The molecule has 0 atom stereocenters. The summed E-state index contributed by atoms with van der Waals surface area (Å²) in [5, 5.41) is 7.27. The fourth-order valence-corrected chi connectivity index (χ4v) is 1.85. The van der Waals surface area contributed by atoms with Gasteiger partial charge in [0.05, 0.1) is 6.54 Å². The van der Waals surface area contributed by atoms with E-state index in [0.717, 1.165) is 18.9 Å². The van der Waals surface area contributed by atoms with Crippen molar-refractivity contribution in [1.82, 2.24) is 20.1 Å². The van der Waals surface area contributed by atoms with E-state index in [9.17, 15) is 0 Å². The number of aryl methyl sites for hydroxylation is 1. The molecule has 1 aromatic heterocycles. The highest BCUT2D eigenvalue weighted by Gasteiger charge is 2.01. The van der Waals surface area contributed by atoms with Gasteiger partial charge in [-0.2, -0.15) is 16.9 Å². The highest BCUT2D eigenvalue weighted by atomic mass is 32.2. The fourth-order valence-electron chi connectivity index (χ4n) is 1.23. The lowest BCUT2D eigenvalue weighted by atomic mass is 10.4. The summed E-state index contributed by atoms with van der Waals surface area (Å²) >= 11 is 1.97. The van der Waals surface area contributed by atoms with Crippen LogP contribution in [0.15, 0.2) is 6.33 Å². The summed E-state index contributed by atoms with van der Waals surface area (Å²) in [4.78, 5) is 4.19. The maximum atomic E-state index is 4.19. The van der Waals surface area contributed by atoms with Crippen LogP contribution in [0.2, 0.25) is 0 Å². The Hall–Kier alpha value is -0.550. The molecule has 0 aromatic carbocycles. The van der Waals surface area contributed by atoms with Gasteiger partial charge in [-0.25, -0.2) is 9.67 Å². The molecule has 1 aromatic rings. The molecule has 14 heavy (non-hydrogen) atoms. The van der Waals surface area contributed by atoms with E-state index in [1.54, 1.807) is 6.33 Å². The smallest absolute Gasteiger partial charge is 0.140 e. The van der Waals surface area contributed by atoms with Crippen molar-refractivity contribution in [1.29, 1.82) is 0 Å². The van der Waals surface area contributed by atoms with Crippen molar-refractivity contribution in [2.45, 2.75) is 26.4 Å². The van der Waals surface area contributed by atoms with E-state index >= 15 is 0 Å². The van der Waals surface area contributed by atoms with Crippen LogP contribution < -0.4 is 5.32 Å². The predicted molar refractivity (Wildman–Crippen MR) is 60.4 cm³/mol. The van der Waals surface area contributed by atoms with E-state index < -0.39 is 0 Å². The lowest BCUT2D eigenvalue weighted by molar-refractivity contribution is 0.558. The molecule has 1 heterocycles. The molecule has 0 radical (unpaired) electrons. The second-order valence-corrected chi connectivity index (χ2v) is 4.37. The Balaban J connectivity index is 2.30. The van der Waals surface area contributed by atoms with Gasteiger partial charge in [-0.15, -0.1) is 0 Å². The van der Waals surface area contributed by atoms with Gasteiger partial charge in [-0.1, -0.05) is 6.92 Å². The number of rotatable bonds is 7. The molecule has 80 valence electrons. The molecule has 0 fully saturated rings. The lowest BCUT2D eigenvalue weighted by Crippen LogP contribution is -2.13. The summed E-state index contributed by atoms with van der Waals surface area (Å²) in [7, 11) is 1.92. The van der Waals surface area contributed by atoms with Crippen molar-refractivity contribution in [3.05, 3.63) is 12.2 Å². The van der Waals surface area contributed by atoms with Crippen LogP contribution in [0.4, 0.5) is 0 Å². The van der Waals surface area contributed by atoms with Crippen LogP contribution >= 0.6 is 11.8 Å². The molecule has 0 saturated heterocycles. The van der Waals surface area contributed by atoms with Crippen LogP contribution in [0, 0.1) is 0 Å². The summed E-state index contributed by atoms with van der Waals surface area (Å²) in [6.07, 6.45) is 2.79. The first-order valence-electron chi connectivity index (χ1n) is 4.97. The molecule has 0 amide bonds. The monoisotopic (exact) mass is 214 g/mol. The third-order valence-electron chi connectivity index (χ3n) is 1.89. The van der Waals surface area contributed by atoms with E-state index in [1.165, 1.54) is 17.9 Å². The minimum atomic E-state index is 0.793. The van der Waals surface area contributed by atoms with E-state index in [1.807, 2.05) is 23.5 Å². The van der Waals surface area contributed by atoms with Crippen LogP contribution in [0.5, 0.6) is 0 Å². The molecule has 0 saturated carbocycles. The largest absolute Gasteiger partial charge is 0.313 e. The summed E-state index contributed by atoms with van der Waals surface area (Å²) < 4.78 is 1.98. The van der Waals surface area contributed by atoms with Gasteiger partial charge < -0.3 is 5.32 Å². The minimum Gasteiger partial charge on any atom is -0.313 e. The standard InChI is InChI=1S/C9H18N4S/c1-3-14-6-4-5-13-9(7-10-2)11-8-12-13/h8,10H,3-7H2,1-2H3. The van der Waals surface area contributed by atoms with Crippen molar-refractivity contribution in [2.24, 2.45) is 0 Å². The number of hydrogen-bond acceptors (Lipinski definition) is 4. The van der Waals surface area contributed by atoms with Crippen molar-refractivity contribution in [3.8, 4) is 0 Å². The third kappa shape index (κ3) is 3.67. The average Bonchev–Trinajstić information content (AvgIpc) is 2.61. The molecule has 0 unspecified atom stereocenters. The normalized spacial score (nSPS) is 10.7. The molecule has 5 heteroatoms. The summed E-state index contributed by atoms with van der Waals surface area (Å²) in [5.41, 5.74) is 0. The van der Waals surface area contributed by atoms with Gasteiger partial charge in [-0.05, 0) is 25.0 Å². The molecule has 0 bridgehead atoms. The molecular formula is C9H18N4S. The van der Waals surface area contributed by atoms with E-state index in [4.69, 9.17) is 0 Å².